The third-order valence-electron chi connectivity index (χ3n) is 3.98. The molecule has 0 saturated carbocycles. The number of hydrogen-bond donors (Lipinski definition) is 0. The number of aryl methyl sites for hydroxylation is 2. The average molecular weight is 286 g/mol. The Balaban J connectivity index is 1.79. The predicted octanol–water partition coefficient (Wildman–Crippen LogP) is 2.10. The van der Waals surface area contributed by atoms with E-state index in [0.29, 0.717) is 23.6 Å². The molecule has 0 N–H and O–H groups in total. The summed E-state index contributed by atoms with van der Waals surface area (Å²) < 4.78 is 5.10. The first-order chi connectivity index (χ1) is 10.2. The Hall–Kier alpha value is -2.24. The van der Waals surface area contributed by atoms with E-state index < -0.39 is 0 Å². The minimum Gasteiger partial charge on any atom is -0.361 e. The van der Waals surface area contributed by atoms with Gasteiger partial charge in [-0.1, -0.05) is 5.16 Å². The Morgan fingerprint density at radius 1 is 1.43 bits per heavy atom. The summed E-state index contributed by atoms with van der Waals surface area (Å²) in [5.74, 6) is 0.859. The molecule has 0 aliphatic carbocycles. The molecule has 3 rings (SSSR count). The molecule has 1 aliphatic rings. The molecule has 1 aliphatic heterocycles. The summed E-state index contributed by atoms with van der Waals surface area (Å²) in [6.07, 6.45) is 5.33. The molecule has 0 spiro atoms. The van der Waals surface area contributed by atoms with Crippen LogP contribution in [0.15, 0.2) is 23.1 Å². The normalized spacial score (nSPS) is 18.8. The van der Waals surface area contributed by atoms with Gasteiger partial charge in [0.05, 0.1) is 5.69 Å². The summed E-state index contributed by atoms with van der Waals surface area (Å²) in [6.45, 7) is 5.03. The highest BCUT2D eigenvalue weighted by molar-refractivity contribution is 5.96. The molecular formula is C15H18N4O2. The van der Waals surface area contributed by atoms with Crippen LogP contribution in [0.5, 0.6) is 0 Å². The second-order valence-electron chi connectivity index (χ2n) is 5.42. The van der Waals surface area contributed by atoms with E-state index in [-0.39, 0.29) is 11.8 Å². The van der Waals surface area contributed by atoms with E-state index >= 15 is 0 Å². The van der Waals surface area contributed by atoms with Crippen molar-refractivity contribution in [2.45, 2.75) is 32.6 Å². The van der Waals surface area contributed by atoms with Gasteiger partial charge in [0.15, 0.2) is 0 Å². The van der Waals surface area contributed by atoms with Gasteiger partial charge in [0.2, 0.25) is 0 Å². The van der Waals surface area contributed by atoms with Gasteiger partial charge in [-0.15, -0.1) is 0 Å². The van der Waals surface area contributed by atoms with Crippen LogP contribution in [0, 0.1) is 13.8 Å². The lowest BCUT2D eigenvalue weighted by Gasteiger charge is -2.32. The Kier molecular flexibility index (Phi) is 3.68. The number of rotatable bonds is 2. The standard InChI is InChI=1S/C15H18N4O2/c1-10-14(11(2)21-18-10)15(20)19-7-3-4-12(8-19)13-5-6-16-9-17-13/h5-6,9,12H,3-4,7-8H2,1-2H3/t12-/m0/s1. The van der Waals surface area contributed by atoms with E-state index in [0.717, 1.165) is 25.1 Å². The molecule has 1 atom stereocenters. The summed E-state index contributed by atoms with van der Waals surface area (Å²) in [5.41, 5.74) is 2.25. The van der Waals surface area contributed by atoms with Crippen LogP contribution in [0.1, 0.15) is 46.3 Å². The lowest BCUT2D eigenvalue weighted by molar-refractivity contribution is 0.0703. The fourth-order valence-corrected chi connectivity index (χ4v) is 2.89. The predicted molar refractivity (Wildman–Crippen MR) is 75.9 cm³/mol. The molecule has 110 valence electrons. The Morgan fingerprint density at radius 3 is 2.95 bits per heavy atom. The highest BCUT2D eigenvalue weighted by Gasteiger charge is 2.29. The molecule has 2 aromatic heterocycles. The molecule has 1 amide bonds. The van der Waals surface area contributed by atoms with Gasteiger partial charge in [-0.3, -0.25) is 4.79 Å². The zero-order chi connectivity index (χ0) is 14.8. The van der Waals surface area contributed by atoms with Crippen molar-refractivity contribution in [2.24, 2.45) is 0 Å². The van der Waals surface area contributed by atoms with Crippen LogP contribution in [0.4, 0.5) is 0 Å². The average Bonchev–Trinajstić information content (AvgIpc) is 2.86. The van der Waals surface area contributed by atoms with Crippen molar-refractivity contribution in [2.75, 3.05) is 13.1 Å². The highest BCUT2D eigenvalue weighted by Crippen LogP contribution is 2.27. The van der Waals surface area contributed by atoms with Crippen LogP contribution in [-0.4, -0.2) is 39.0 Å². The monoisotopic (exact) mass is 286 g/mol. The van der Waals surface area contributed by atoms with Crippen molar-refractivity contribution >= 4 is 5.91 Å². The maximum atomic E-state index is 12.7. The van der Waals surface area contributed by atoms with Crippen LogP contribution in [0.2, 0.25) is 0 Å². The maximum absolute atomic E-state index is 12.7. The first-order valence-electron chi connectivity index (χ1n) is 7.15. The van der Waals surface area contributed by atoms with Gasteiger partial charge in [0, 0.05) is 30.9 Å². The van der Waals surface area contributed by atoms with Crippen LogP contribution in [0.25, 0.3) is 0 Å². The minimum absolute atomic E-state index is 0.00464. The molecule has 0 bridgehead atoms. The molecular weight excluding hydrogens is 268 g/mol. The zero-order valence-electron chi connectivity index (χ0n) is 12.2. The van der Waals surface area contributed by atoms with Crippen molar-refractivity contribution in [1.82, 2.24) is 20.0 Å². The fraction of sp³-hybridized carbons (Fsp3) is 0.467. The number of aromatic nitrogens is 3. The maximum Gasteiger partial charge on any atom is 0.259 e. The summed E-state index contributed by atoms with van der Waals surface area (Å²) in [6, 6.07) is 1.93. The number of carbonyl (C=O) groups excluding carboxylic acids is 1. The van der Waals surface area contributed by atoms with Crippen molar-refractivity contribution < 1.29 is 9.32 Å². The topological polar surface area (TPSA) is 72.1 Å². The van der Waals surface area contributed by atoms with Crippen molar-refractivity contribution in [3.05, 3.63) is 41.3 Å². The van der Waals surface area contributed by atoms with Crippen LogP contribution < -0.4 is 0 Å². The molecule has 1 fully saturated rings. The highest BCUT2D eigenvalue weighted by atomic mass is 16.5. The minimum atomic E-state index is 0.00464. The Morgan fingerprint density at radius 2 is 2.29 bits per heavy atom. The third kappa shape index (κ3) is 2.66. The lowest BCUT2D eigenvalue weighted by atomic mass is 9.94. The molecule has 0 aromatic carbocycles. The van der Waals surface area contributed by atoms with E-state index in [1.165, 1.54) is 0 Å². The molecule has 1 saturated heterocycles. The number of likely N-dealkylation sites (tertiary alicyclic amines) is 1. The molecule has 6 nitrogen and oxygen atoms in total. The van der Waals surface area contributed by atoms with Gasteiger partial charge >= 0.3 is 0 Å². The molecule has 2 aromatic rings. The first-order valence-corrected chi connectivity index (χ1v) is 7.15. The van der Waals surface area contributed by atoms with Crippen molar-refractivity contribution in [3.8, 4) is 0 Å². The van der Waals surface area contributed by atoms with Crippen molar-refractivity contribution in [1.29, 1.82) is 0 Å². The second kappa shape index (κ2) is 5.63. The van der Waals surface area contributed by atoms with Gasteiger partial charge in [-0.05, 0) is 32.8 Å². The van der Waals surface area contributed by atoms with Gasteiger partial charge < -0.3 is 9.42 Å². The first kappa shape index (κ1) is 13.7. The lowest BCUT2D eigenvalue weighted by Crippen LogP contribution is -2.39. The number of piperidine rings is 1. The zero-order valence-corrected chi connectivity index (χ0v) is 12.2. The van der Waals surface area contributed by atoms with E-state index in [9.17, 15) is 4.79 Å². The summed E-state index contributed by atoms with van der Waals surface area (Å²) >= 11 is 0. The number of amides is 1. The fourth-order valence-electron chi connectivity index (χ4n) is 2.89. The van der Waals surface area contributed by atoms with Crippen molar-refractivity contribution in [3.63, 3.8) is 0 Å². The number of carbonyl (C=O) groups is 1. The largest absolute Gasteiger partial charge is 0.361 e. The quantitative estimate of drug-likeness (QED) is 0.845. The van der Waals surface area contributed by atoms with Gasteiger partial charge in [0.25, 0.3) is 5.91 Å². The summed E-state index contributed by atoms with van der Waals surface area (Å²) in [5, 5.41) is 3.87. The molecule has 3 heterocycles. The smallest absolute Gasteiger partial charge is 0.259 e. The number of hydrogen-bond acceptors (Lipinski definition) is 5. The SMILES string of the molecule is Cc1noc(C)c1C(=O)N1CCC[C@H](c2ccncn2)C1. The van der Waals surface area contributed by atoms with Crippen LogP contribution in [-0.2, 0) is 0 Å². The van der Waals surface area contributed by atoms with Gasteiger partial charge in [-0.25, -0.2) is 9.97 Å². The Bertz CT molecular complexity index is 619. The van der Waals surface area contributed by atoms with E-state index in [2.05, 4.69) is 15.1 Å². The Labute approximate surface area is 123 Å². The second-order valence-corrected chi connectivity index (χ2v) is 5.42. The van der Waals surface area contributed by atoms with Crippen LogP contribution in [0.3, 0.4) is 0 Å². The summed E-state index contributed by atoms with van der Waals surface area (Å²) in [4.78, 5) is 22.8. The van der Waals surface area contributed by atoms with E-state index in [1.54, 1.807) is 26.4 Å². The molecule has 0 unspecified atom stereocenters. The molecule has 6 heteroatoms. The van der Waals surface area contributed by atoms with E-state index in [4.69, 9.17) is 4.52 Å². The molecule has 21 heavy (non-hydrogen) atoms. The van der Waals surface area contributed by atoms with E-state index in [1.807, 2.05) is 11.0 Å². The van der Waals surface area contributed by atoms with Crippen LogP contribution >= 0.6 is 0 Å². The van der Waals surface area contributed by atoms with Gasteiger partial charge in [-0.2, -0.15) is 0 Å². The number of nitrogens with zero attached hydrogens (tertiary/aromatic N) is 4. The van der Waals surface area contributed by atoms with Gasteiger partial charge in [0.1, 0.15) is 17.7 Å². The third-order valence-corrected chi connectivity index (χ3v) is 3.98. The summed E-state index contributed by atoms with van der Waals surface area (Å²) in [7, 11) is 0. The molecule has 0 radical (unpaired) electrons.